The molecule has 1 aromatic carbocycles. The third kappa shape index (κ3) is 2.37. The van der Waals surface area contributed by atoms with Gasteiger partial charge >= 0.3 is 5.76 Å². The van der Waals surface area contributed by atoms with Gasteiger partial charge in [0.2, 0.25) is 0 Å². The van der Waals surface area contributed by atoms with Gasteiger partial charge in [-0.05, 0) is 31.3 Å². The van der Waals surface area contributed by atoms with Crippen LogP contribution in [0, 0.1) is 0 Å². The van der Waals surface area contributed by atoms with E-state index in [4.69, 9.17) is 16.0 Å². The molecule has 2 rings (SSSR count). The molecule has 0 fully saturated rings. The number of nitrogens with zero attached hydrogens (tertiary/aromatic N) is 2. The lowest BCUT2D eigenvalue weighted by Gasteiger charge is -2.17. The lowest BCUT2D eigenvalue weighted by molar-refractivity contribution is 0.236. The number of rotatable bonds is 4. The molecule has 0 unspecified atom stereocenters. The Balaban J connectivity index is 2.48. The topological polar surface area (TPSA) is 38.4 Å². The summed E-state index contributed by atoms with van der Waals surface area (Å²) in [5.74, 6) is -0.339. The molecule has 2 aromatic rings. The first kappa shape index (κ1) is 12.2. The molecule has 0 atom stereocenters. The first-order valence-corrected chi connectivity index (χ1v) is 6.04. The maximum Gasteiger partial charge on any atom is 0.421 e. The van der Waals surface area contributed by atoms with E-state index in [-0.39, 0.29) is 5.76 Å². The van der Waals surface area contributed by atoms with Crippen molar-refractivity contribution in [3.05, 3.63) is 33.8 Å². The number of oxazole rings is 1. The summed E-state index contributed by atoms with van der Waals surface area (Å²) >= 11 is 5.93. The highest BCUT2D eigenvalue weighted by atomic mass is 35.5. The fraction of sp³-hybridized carbons (Fsp3) is 0.417. The van der Waals surface area contributed by atoms with E-state index in [1.54, 1.807) is 22.8 Å². The Morgan fingerprint density at radius 3 is 2.71 bits per heavy atom. The van der Waals surface area contributed by atoms with Crippen molar-refractivity contribution in [2.75, 3.05) is 13.1 Å². The fourth-order valence-corrected chi connectivity index (χ4v) is 1.96. The van der Waals surface area contributed by atoms with Crippen molar-refractivity contribution < 1.29 is 4.42 Å². The average molecular weight is 255 g/mol. The van der Waals surface area contributed by atoms with Gasteiger partial charge in [-0.3, -0.25) is 9.47 Å². The largest absolute Gasteiger partial charge is 0.421 e. The van der Waals surface area contributed by atoms with Crippen LogP contribution in [-0.4, -0.2) is 22.6 Å². The molecule has 0 amide bonds. The molecule has 0 radical (unpaired) electrons. The molecular formula is C12H15ClN2O2. The number of hydrogen-bond donors (Lipinski definition) is 0. The Labute approximate surface area is 104 Å². The zero-order valence-corrected chi connectivity index (χ0v) is 10.7. The van der Waals surface area contributed by atoms with Gasteiger partial charge in [0.25, 0.3) is 0 Å². The van der Waals surface area contributed by atoms with E-state index < -0.39 is 0 Å². The Kier molecular flexibility index (Phi) is 3.54. The molecule has 5 heteroatoms. The summed E-state index contributed by atoms with van der Waals surface area (Å²) in [6, 6.07) is 5.19. The van der Waals surface area contributed by atoms with Gasteiger partial charge in [0, 0.05) is 5.02 Å². The van der Waals surface area contributed by atoms with Crippen LogP contribution in [0.25, 0.3) is 11.1 Å². The van der Waals surface area contributed by atoms with E-state index >= 15 is 0 Å². The quantitative estimate of drug-likeness (QED) is 0.842. The van der Waals surface area contributed by atoms with E-state index in [2.05, 4.69) is 18.7 Å². The minimum atomic E-state index is -0.339. The first-order chi connectivity index (χ1) is 8.15. The van der Waals surface area contributed by atoms with Crippen LogP contribution in [0.15, 0.2) is 27.4 Å². The summed E-state index contributed by atoms with van der Waals surface area (Å²) in [4.78, 5) is 13.9. The zero-order chi connectivity index (χ0) is 12.4. The Morgan fingerprint density at radius 1 is 1.35 bits per heavy atom. The van der Waals surface area contributed by atoms with Crippen LogP contribution in [0.3, 0.4) is 0 Å². The zero-order valence-electron chi connectivity index (χ0n) is 9.94. The molecule has 4 nitrogen and oxygen atoms in total. The molecule has 1 aromatic heterocycles. The second-order valence-electron chi connectivity index (χ2n) is 3.85. The summed E-state index contributed by atoms with van der Waals surface area (Å²) < 4.78 is 6.77. The molecule has 0 aliphatic carbocycles. The molecule has 0 N–H and O–H groups in total. The number of halogens is 1. The predicted octanol–water partition coefficient (Wildman–Crippen LogP) is 2.55. The van der Waals surface area contributed by atoms with Crippen LogP contribution in [0.5, 0.6) is 0 Å². The third-order valence-corrected chi connectivity index (χ3v) is 3.10. The summed E-state index contributed by atoms with van der Waals surface area (Å²) in [5, 5.41) is 0.603. The van der Waals surface area contributed by atoms with Crippen LogP contribution in [0.4, 0.5) is 0 Å². The van der Waals surface area contributed by atoms with Crippen molar-refractivity contribution in [1.29, 1.82) is 0 Å². The molecule has 17 heavy (non-hydrogen) atoms. The molecule has 0 aliphatic heterocycles. The summed E-state index contributed by atoms with van der Waals surface area (Å²) in [6.07, 6.45) is 0. The van der Waals surface area contributed by atoms with E-state index in [9.17, 15) is 4.79 Å². The van der Waals surface area contributed by atoms with E-state index in [0.717, 1.165) is 18.6 Å². The SMILES string of the molecule is CCN(CC)Cn1c(=O)oc2ccc(Cl)cc21. The number of fused-ring (bicyclic) bond motifs is 1. The highest BCUT2D eigenvalue weighted by Gasteiger charge is 2.11. The standard InChI is InChI=1S/C12H15ClN2O2/c1-3-14(4-2)8-15-10-7-9(13)5-6-11(10)17-12(15)16/h5-7H,3-4,8H2,1-2H3. The van der Waals surface area contributed by atoms with Crippen LogP contribution in [0.1, 0.15) is 13.8 Å². The minimum Gasteiger partial charge on any atom is -0.408 e. The maximum absolute atomic E-state index is 11.7. The van der Waals surface area contributed by atoms with E-state index in [1.807, 2.05) is 0 Å². The van der Waals surface area contributed by atoms with Gasteiger partial charge in [-0.15, -0.1) is 0 Å². The predicted molar refractivity (Wildman–Crippen MR) is 68.4 cm³/mol. The van der Waals surface area contributed by atoms with Crippen LogP contribution in [-0.2, 0) is 6.67 Å². The molecule has 0 saturated heterocycles. The lowest BCUT2D eigenvalue weighted by atomic mass is 10.3. The fourth-order valence-electron chi connectivity index (χ4n) is 1.79. The van der Waals surface area contributed by atoms with Gasteiger partial charge in [-0.25, -0.2) is 4.79 Å². The Bertz CT molecular complexity index is 569. The highest BCUT2D eigenvalue weighted by molar-refractivity contribution is 6.31. The number of hydrogen-bond acceptors (Lipinski definition) is 3. The Morgan fingerprint density at radius 2 is 2.06 bits per heavy atom. The first-order valence-electron chi connectivity index (χ1n) is 5.67. The monoisotopic (exact) mass is 254 g/mol. The van der Waals surface area contributed by atoms with Gasteiger partial charge in [-0.2, -0.15) is 0 Å². The smallest absolute Gasteiger partial charge is 0.408 e. The number of benzene rings is 1. The maximum atomic E-state index is 11.7. The van der Waals surface area contributed by atoms with Crippen molar-refractivity contribution in [1.82, 2.24) is 9.47 Å². The van der Waals surface area contributed by atoms with E-state index in [0.29, 0.717) is 17.3 Å². The molecule has 1 heterocycles. The second kappa shape index (κ2) is 4.94. The summed E-state index contributed by atoms with van der Waals surface area (Å²) in [6.45, 7) is 6.42. The van der Waals surface area contributed by atoms with Gasteiger partial charge in [0.1, 0.15) is 0 Å². The van der Waals surface area contributed by atoms with Crippen LogP contribution >= 0.6 is 11.6 Å². The van der Waals surface area contributed by atoms with Crippen molar-refractivity contribution in [2.24, 2.45) is 0 Å². The molecule has 0 aliphatic rings. The average Bonchev–Trinajstić information content (AvgIpc) is 2.62. The number of aromatic nitrogens is 1. The van der Waals surface area contributed by atoms with Crippen LogP contribution in [0.2, 0.25) is 5.02 Å². The van der Waals surface area contributed by atoms with Gasteiger partial charge in [0.05, 0.1) is 12.2 Å². The normalized spacial score (nSPS) is 11.5. The van der Waals surface area contributed by atoms with Crippen molar-refractivity contribution in [2.45, 2.75) is 20.5 Å². The molecule has 0 spiro atoms. The summed E-state index contributed by atoms with van der Waals surface area (Å²) in [5.41, 5.74) is 1.32. The highest BCUT2D eigenvalue weighted by Crippen LogP contribution is 2.18. The van der Waals surface area contributed by atoms with E-state index in [1.165, 1.54) is 0 Å². The van der Waals surface area contributed by atoms with Crippen LogP contribution < -0.4 is 5.76 Å². The second-order valence-corrected chi connectivity index (χ2v) is 4.29. The lowest BCUT2D eigenvalue weighted by Crippen LogP contribution is -2.30. The minimum absolute atomic E-state index is 0.339. The van der Waals surface area contributed by atoms with Crippen molar-refractivity contribution in [3.8, 4) is 0 Å². The Hall–Kier alpha value is -1.26. The van der Waals surface area contributed by atoms with Crippen molar-refractivity contribution >= 4 is 22.7 Å². The molecule has 0 bridgehead atoms. The molecule has 0 saturated carbocycles. The van der Waals surface area contributed by atoms with Gasteiger partial charge in [-0.1, -0.05) is 25.4 Å². The third-order valence-electron chi connectivity index (χ3n) is 2.87. The van der Waals surface area contributed by atoms with Gasteiger partial charge in [0.15, 0.2) is 5.58 Å². The molecular weight excluding hydrogens is 240 g/mol. The van der Waals surface area contributed by atoms with Gasteiger partial charge < -0.3 is 4.42 Å². The van der Waals surface area contributed by atoms with Crippen molar-refractivity contribution in [3.63, 3.8) is 0 Å². The molecule has 92 valence electrons. The summed E-state index contributed by atoms with van der Waals surface area (Å²) in [7, 11) is 0.